The smallest absolute Gasteiger partial charge is 0.339 e. The Morgan fingerprint density at radius 3 is 3.00 bits per heavy atom. The molecule has 0 bridgehead atoms. The van der Waals surface area contributed by atoms with Gasteiger partial charge in [-0.15, -0.1) is 6.42 Å². The summed E-state index contributed by atoms with van der Waals surface area (Å²) in [6.45, 7) is 0.209. The maximum absolute atomic E-state index is 11.8. The molecule has 0 unspecified atom stereocenters. The molecule has 0 aliphatic heterocycles. The maximum atomic E-state index is 11.8. The summed E-state index contributed by atoms with van der Waals surface area (Å²) in [5.41, 5.74) is 2.32. The Kier molecular flexibility index (Phi) is 2.56. The Labute approximate surface area is 104 Å². The summed E-state index contributed by atoms with van der Waals surface area (Å²) >= 11 is 0. The van der Waals surface area contributed by atoms with Gasteiger partial charge in [0.2, 0.25) is 0 Å². The van der Waals surface area contributed by atoms with Crippen LogP contribution < -0.4 is 10.4 Å². The third kappa shape index (κ3) is 1.67. The van der Waals surface area contributed by atoms with Crippen LogP contribution in [-0.2, 0) is 12.8 Å². The van der Waals surface area contributed by atoms with Gasteiger partial charge in [0.15, 0.2) is 0 Å². The first-order chi connectivity index (χ1) is 8.79. The Balaban J connectivity index is 2.16. The molecule has 0 spiro atoms. The van der Waals surface area contributed by atoms with E-state index in [0.717, 1.165) is 35.8 Å². The van der Waals surface area contributed by atoms with Crippen LogP contribution >= 0.6 is 0 Å². The summed E-state index contributed by atoms with van der Waals surface area (Å²) in [6, 6.07) is 5.53. The Bertz CT molecular complexity index is 704. The van der Waals surface area contributed by atoms with Crippen LogP contribution in [0.5, 0.6) is 5.75 Å². The van der Waals surface area contributed by atoms with E-state index >= 15 is 0 Å². The van der Waals surface area contributed by atoms with E-state index < -0.39 is 0 Å². The average molecular weight is 240 g/mol. The molecule has 1 aromatic heterocycles. The second kappa shape index (κ2) is 4.23. The van der Waals surface area contributed by atoms with Gasteiger partial charge in [-0.05, 0) is 37.0 Å². The molecule has 3 rings (SSSR count). The molecule has 2 aromatic rings. The zero-order valence-electron chi connectivity index (χ0n) is 9.86. The number of terminal acetylenes is 1. The summed E-state index contributed by atoms with van der Waals surface area (Å²) in [4.78, 5) is 11.8. The second-order valence-corrected chi connectivity index (χ2v) is 4.35. The van der Waals surface area contributed by atoms with E-state index in [0.29, 0.717) is 11.3 Å². The minimum absolute atomic E-state index is 0.209. The van der Waals surface area contributed by atoms with Gasteiger partial charge in [-0.2, -0.15) is 0 Å². The topological polar surface area (TPSA) is 39.4 Å². The highest BCUT2D eigenvalue weighted by Gasteiger charge is 2.19. The first-order valence-electron chi connectivity index (χ1n) is 5.94. The van der Waals surface area contributed by atoms with Gasteiger partial charge in [-0.1, -0.05) is 5.92 Å². The van der Waals surface area contributed by atoms with Crippen LogP contribution in [0, 0.1) is 12.3 Å². The van der Waals surface area contributed by atoms with Crippen LogP contribution in [0.15, 0.2) is 27.4 Å². The molecule has 0 atom stereocenters. The fraction of sp³-hybridized carbons (Fsp3) is 0.267. The molecule has 3 heteroatoms. The Morgan fingerprint density at radius 1 is 1.33 bits per heavy atom. The van der Waals surface area contributed by atoms with Crippen molar-refractivity contribution in [3.63, 3.8) is 0 Å². The third-order valence-electron chi connectivity index (χ3n) is 3.27. The summed E-state index contributed by atoms with van der Waals surface area (Å²) in [5, 5.41) is 1.01. The molecule has 18 heavy (non-hydrogen) atoms. The molecule has 1 heterocycles. The fourth-order valence-corrected chi connectivity index (χ4v) is 2.48. The van der Waals surface area contributed by atoms with Crippen molar-refractivity contribution in [3.8, 4) is 18.1 Å². The molecule has 1 aromatic carbocycles. The first kappa shape index (κ1) is 10.9. The SMILES string of the molecule is C#CCOc1ccc2c3c(c(=O)oc2c1)CCC3. The fourth-order valence-electron chi connectivity index (χ4n) is 2.48. The second-order valence-electron chi connectivity index (χ2n) is 4.35. The number of aryl methyl sites for hydroxylation is 1. The van der Waals surface area contributed by atoms with Crippen molar-refractivity contribution in [2.45, 2.75) is 19.3 Å². The molecule has 1 aliphatic rings. The van der Waals surface area contributed by atoms with Crippen molar-refractivity contribution >= 4 is 11.0 Å². The first-order valence-corrected chi connectivity index (χ1v) is 5.94. The molecule has 90 valence electrons. The van der Waals surface area contributed by atoms with Crippen LogP contribution in [0.4, 0.5) is 0 Å². The van der Waals surface area contributed by atoms with E-state index in [4.69, 9.17) is 15.6 Å². The van der Waals surface area contributed by atoms with E-state index in [9.17, 15) is 4.79 Å². The Morgan fingerprint density at radius 2 is 2.17 bits per heavy atom. The lowest BCUT2D eigenvalue weighted by molar-refractivity contribution is 0.370. The highest BCUT2D eigenvalue weighted by atomic mass is 16.5. The van der Waals surface area contributed by atoms with Gasteiger partial charge in [-0.25, -0.2) is 4.79 Å². The lowest BCUT2D eigenvalue weighted by atomic mass is 10.1. The molecule has 0 N–H and O–H groups in total. The quantitative estimate of drug-likeness (QED) is 0.597. The molecule has 0 saturated heterocycles. The number of fused-ring (bicyclic) bond motifs is 3. The van der Waals surface area contributed by atoms with Crippen LogP contribution in [0.2, 0.25) is 0 Å². The summed E-state index contributed by atoms with van der Waals surface area (Å²) in [5.74, 6) is 3.03. The number of rotatable bonds is 2. The molecule has 0 fully saturated rings. The van der Waals surface area contributed by atoms with E-state index in [1.54, 1.807) is 6.07 Å². The third-order valence-corrected chi connectivity index (χ3v) is 3.27. The summed E-state index contributed by atoms with van der Waals surface area (Å²) in [7, 11) is 0. The van der Waals surface area contributed by atoms with E-state index in [1.807, 2.05) is 12.1 Å². The van der Waals surface area contributed by atoms with E-state index in [2.05, 4.69) is 5.92 Å². The number of ether oxygens (including phenoxy) is 1. The van der Waals surface area contributed by atoms with Gasteiger partial charge in [0.1, 0.15) is 17.9 Å². The molecule has 0 radical (unpaired) electrons. The largest absolute Gasteiger partial charge is 0.481 e. The van der Waals surface area contributed by atoms with Crippen molar-refractivity contribution in [2.75, 3.05) is 6.61 Å². The monoisotopic (exact) mass is 240 g/mol. The molecular weight excluding hydrogens is 228 g/mol. The Hall–Kier alpha value is -2.21. The normalized spacial score (nSPS) is 13.3. The molecule has 0 saturated carbocycles. The number of hydrogen-bond acceptors (Lipinski definition) is 3. The van der Waals surface area contributed by atoms with Crippen molar-refractivity contribution in [1.82, 2.24) is 0 Å². The molecule has 1 aliphatic carbocycles. The molecule has 3 nitrogen and oxygen atoms in total. The summed E-state index contributed by atoms with van der Waals surface area (Å²) in [6.07, 6.45) is 7.93. The number of hydrogen-bond donors (Lipinski definition) is 0. The van der Waals surface area contributed by atoms with Crippen LogP contribution in [0.1, 0.15) is 17.5 Å². The van der Waals surface area contributed by atoms with Crippen molar-refractivity contribution in [1.29, 1.82) is 0 Å². The van der Waals surface area contributed by atoms with Gasteiger partial charge < -0.3 is 9.15 Å². The minimum Gasteiger partial charge on any atom is -0.481 e. The van der Waals surface area contributed by atoms with Crippen LogP contribution in [0.25, 0.3) is 11.0 Å². The van der Waals surface area contributed by atoms with E-state index in [1.165, 1.54) is 0 Å². The minimum atomic E-state index is -0.218. The number of benzene rings is 1. The standard InChI is InChI=1S/C15H12O3/c1-2-8-17-10-6-7-12-11-4-3-5-13(11)15(16)18-14(12)9-10/h1,6-7,9H,3-5,8H2. The maximum Gasteiger partial charge on any atom is 0.339 e. The van der Waals surface area contributed by atoms with Crippen LogP contribution in [-0.4, -0.2) is 6.61 Å². The lowest BCUT2D eigenvalue weighted by Gasteiger charge is -2.06. The summed E-state index contributed by atoms with van der Waals surface area (Å²) < 4.78 is 10.7. The zero-order chi connectivity index (χ0) is 12.5. The van der Waals surface area contributed by atoms with Gasteiger partial charge in [-0.3, -0.25) is 0 Å². The predicted molar refractivity (Wildman–Crippen MR) is 68.8 cm³/mol. The van der Waals surface area contributed by atoms with Crippen molar-refractivity contribution in [3.05, 3.63) is 39.7 Å². The van der Waals surface area contributed by atoms with Crippen molar-refractivity contribution < 1.29 is 9.15 Å². The molecular formula is C15H12O3. The van der Waals surface area contributed by atoms with Crippen molar-refractivity contribution in [2.24, 2.45) is 0 Å². The highest BCUT2D eigenvalue weighted by molar-refractivity contribution is 5.83. The van der Waals surface area contributed by atoms with E-state index in [-0.39, 0.29) is 12.2 Å². The highest BCUT2D eigenvalue weighted by Crippen LogP contribution is 2.29. The lowest BCUT2D eigenvalue weighted by Crippen LogP contribution is -2.06. The van der Waals surface area contributed by atoms with Gasteiger partial charge >= 0.3 is 5.63 Å². The molecule has 0 amide bonds. The van der Waals surface area contributed by atoms with Gasteiger partial charge in [0, 0.05) is 17.0 Å². The average Bonchev–Trinajstić information content (AvgIpc) is 2.86. The zero-order valence-corrected chi connectivity index (χ0v) is 9.86. The van der Waals surface area contributed by atoms with Gasteiger partial charge in [0.05, 0.1) is 0 Å². The van der Waals surface area contributed by atoms with Crippen LogP contribution in [0.3, 0.4) is 0 Å². The van der Waals surface area contributed by atoms with Gasteiger partial charge in [0.25, 0.3) is 0 Å². The predicted octanol–water partition coefficient (Wildman–Crippen LogP) is 2.29.